The van der Waals surface area contributed by atoms with Crippen molar-refractivity contribution < 1.29 is 10.2 Å². The van der Waals surface area contributed by atoms with Crippen LogP contribution in [0, 0.1) is 0 Å². The molecule has 0 heterocycles. The molecule has 0 aliphatic rings. The molecule has 0 aliphatic heterocycles. The topological polar surface area (TPSA) is 52.5 Å². The van der Waals surface area contributed by atoms with Crippen molar-refractivity contribution in [3.05, 3.63) is 29.8 Å². The fraction of sp³-hybridized carbons (Fsp3) is 0.538. The zero-order valence-electron chi connectivity index (χ0n) is 9.98. The third kappa shape index (κ3) is 4.21. The minimum Gasteiger partial charge on any atom is -0.508 e. The lowest BCUT2D eigenvalue weighted by atomic mass is 10.1. The van der Waals surface area contributed by atoms with E-state index in [1.54, 1.807) is 24.3 Å². The van der Waals surface area contributed by atoms with E-state index in [1.807, 2.05) is 0 Å². The molecule has 0 saturated heterocycles. The van der Waals surface area contributed by atoms with Gasteiger partial charge in [-0.05, 0) is 31.0 Å². The number of aromatic hydroxyl groups is 1. The number of aliphatic hydroxyl groups is 1. The predicted molar refractivity (Wildman–Crippen MR) is 65.4 cm³/mol. The van der Waals surface area contributed by atoms with Crippen molar-refractivity contribution in [3.63, 3.8) is 0 Å². The van der Waals surface area contributed by atoms with Crippen LogP contribution in [0.25, 0.3) is 0 Å². The van der Waals surface area contributed by atoms with Crippen molar-refractivity contribution in [2.24, 2.45) is 0 Å². The summed E-state index contributed by atoms with van der Waals surface area (Å²) in [5.74, 6) is 0.225. The van der Waals surface area contributed by atoms with E-state index in [-0.39, 0.29) is 5.75 Å². The third-order valence-corrected chi connectivity index (χ3v) is 2.66. The zero-order chi connectivity index (χ0) is 12.0. The molecule has 1 aromatic carbocycles. The molecule has 16 heavy (non-hydrogen) atoms. The van der Waals surface area contributed by atoms with E-state index in [1.165, 1.54) is 0 Å². The standard InChI is InChI=1S/C13H21NO2/c1-3-4-10(2)14-9-13(16)11-5-7-12(15)8-6-11/h5-8,10,13-16H,3-4,9H2,1-2H3. The molecule has 0 amide bonds. The third-order valence-electron chi connectivity index (χ3n) is 2.66. The lowest BCUT2D eigenvalue weighted by molar-refractivity contribution is 0.170. The Balaban J connectivity index is 2.40. The Bertz CT molecular complexity index is 297. The van der Waals surface area contributed by atoms with Gasteiger partial charge in [0.25, 0.3) is 0 Å². The van der Waals surface area contributed by atoms with Crippen molar-refractivity contribution >= 4 is 0 Å². The van der Waals surface area contributed by atoms with Gasteiger partial charge in [0.05, 0.1) is 6.10 Å². The summed E-state index contributed by atoms with van der Waals surface area (Å²) in [7, 11) is 0. The van der Waals surface area contributed by atoms with Gasteiger partial charge in [0.2, 0.25) is 0 Å². The van der Waals surface area contributed by atoms with Crippen LogP contribution in [0.1, 0.15) is 38.4 Å². The molecule has 0 radical (unpaired) electrons. The number of nitrogens with one attached hydrogen (secondary N) is 1. The van der Waals surface area contributed by atoms with Crippen LogP contribution in [0.15, 0.2) is 24.3 Å². The number of aliphatic hydroxyl groups excluding tert-OH is 1. The maximum absolute atomic E-state index is 9.88. The Hall–Kier alpha value is -1.06. The van der Waals surface area contributed by atoms with Crippen LogP contribution in [-0.2, 0) is 0 Å². The molecule has 0 saturated carbocycles. The highest BCUT2D eigenvalue weighted by Gasteiger charge is 2.08. The van der Waals surface area contributed by atoms with Gasteiger partial charge >= 0.3 is 0 Å². The van der Waals surface area contributed by atoms with Crippen LogP contribution in [0.3, 0.4) is 0 Å². The molecule has 0 aromatic heterocycles. The van der Waals surface area contributed by atoms with Gasteiger partial charge in [-0.3, -0.25) is 0 Å². The summed E-state index contributed by atoms with van der Waals surface area (Å²) >= 11 is 0. The van der Waals surface area contributed by atoms with Crippen molar-refractivity contribution in [3.8, 4) is 5.75 Å². The van der Waals surface area contributed by atoms with Gasteiger partial charge in [0, 0.05) is 12.6 Å². The average Bonchev–Trinajstić information content (AvgIpc) is 2.27. The molecule has 0 bridgehead atoms. The van der Waals surface area contributed by atoms with Crippen molar-refractivity contribution in [1.29, 1.82) is 0 Å². The van der Waals surface area contributed by atoms with Crippen LogP contribution >= 0.6 is 0 Å². The second-order valence-electron chi connectivity index (χ2n) is 4.21. The molecule has 3 N–H and O–H groups in total. The number of benzene rings is 1. The molecule has 90 valence electrons. The Morgan fingerprint density at radius 3 is 2.44 bits per heavy atom. The maximum Gasteiger partial charge on any atom is 0.115 e. The number of phenolic OH excluding ortho intramolecular Hbond substituents is 1. The van der Waals surface area contributed by atoms with Crippen LogP contribution in [0.2, 0.25) is 0 Å². The first-order valence-corrected chi connectivity index (χ1v) is 5.84. The Morgan fingerprint density at radius 2 is 1.88 bits per heavy atom. The minimum absolute atomic E-state index is 0.225. The summed E-state index contributed by atoms with van der Waals surface area (Å²) in [6.45, 7) is 4.81. The first-order valence-electron chi connectivity index (χ1n) is 5.84. The molecule has 3 nitrogen and oxygen atoms in total. The summed E-state index contributed by atoms with van der Waals surface area (Å²) in [6, 6.07) is 7.09. The molecular weight excluding hydrogens is 202 g/mol. The highest BCUT2D eigenvalue weighted by atomic mass is 16.3. The Labute approximate surface area is 97.1 Å². The molecule has 0 aliphatic carbocycles. The number of hydrogen-bond donors (Lipinski definition) is 3. The van der Waals surface area contributed by atoms with E-state index in [2.05, 4.69) is 19.2 Å². The van der Waals surface area contributed by atoms with Crippen molar-refractivity contribution in [2.45, 2.75) is 38.8 Å². The maximum atomic E-state index is 9.88. The fourth-order valence-electron chi connectivity index (χ4n) is 1.66. The van der Waals surface area contributed by atoms with Gasteiger partial charge in [-0.25, -0.2) is 0 Å². The quantitative estimate of drug-likeness (QED) is 0.693. The second-order valence-corrected chi connectivity index (χ2v) is 4.21. The number of phenols is 1. The molecule has 1 rings (SSSR count). The van der Waals surface area contributed by atoms with E-state index < -0.39 is 6.10 Å². The highest BCUT2D eigenvalue weighted by Crippen LogP contribution is 2.16. The molecule has 2 atom stereocenters. The number of hydrogen-bond acceptors (Lipinski definition) is 3. The first-order chi connectivity index (χ1) is 7.63. The van der Waals surface area contributed by atoms with Crippen molar-refractivity contribution in [1.82, 2.24) is 5.32 Å². The second kappa shape index (κ2) is 6.51. The summed E-state index contributed by atoms with van der Waals surface area (Å²) in [5.41, 5.74) is 0.828. The van der Waals surface area contributed by atoms with Gasteiger partial charge in [-0.15, -0.1) is 0 Å². The van der Waals surface area contributed by atoms with E-state index in [0.29, 0.717) is 12.6 Å². The molecule has 0 fully saturated rings. The smallest absolute Gasteiger partial charge is 0.115 e. The molecule has 0 spiro atoms. The van der Waals surface area contributed by atoms with Gasteiger partial charge in [-0.2, -0.15) is 0 Å². The average molecular weight is 223 g/mol. The first kappa shape index (κ1) is 13.0. The van der Waals surface area contributed by atoms with Crippen molar-refractivity contribution in [2.75, 3.05) is 6.54 Å². The lowest BCUT2D eigenvalue weighted by Gasteiger charge is -2.16. The Morgan fingerprint density at radius 1 is 1.25 bits per heavy atom. The monoisotopic (exact) mass is 223 g/mol. The predicted octanol–water partition coefficient (Wildman–Crippen LogP) is 2.20. The van der Waals surface area contributed by atoms with Gasteiger partial charge < -0.3 is 15.5 Å². The Kier molecular flexibility index (Phi) is 5.29. The van der Waals surface area contributed by atoms with Crippen LogP contribution in [0.4, 0.5) is 0 Å². The number of rotatable bonds is 6. The lowest BCUT2D eigenvalue weighted by Crippen LogP contribution is -2.30. The minimum atomic E-state index is -0.514. The largest absolute Gasteiger partial charge is 0.508 e. The molecule has 2 unspecified atom stereocenters. The SMILES string of the molecule is CCCC(C)NCC(O)c1ccc(O)cc1. The summed E-state index contributed by atoms with van der Waals surface area (Å²) in [4.78, 5) is 0. The van der Waals surface area contributed by atoms with E-state index in [9.17, 15) is 5.11 Å². The summed E-state index contributed by atoms with van der Waals surface area (Å²) < 4.78 is 0. The van der Waals surface area contributed by atoms with Crippen LogP contribution in [-0.4, -0.2) is 22.8 Å². The fourth-order valence-corrected chi connectivity index (χ4v) is 1.66. The summed E-state index contributed by atoms with van der Waals surface area (Å²) in [5, 5.41) is 22.3. The van der Waals surface area contributed by atoms with E-state index in [4.69, 9.17) is 5.11 Å². The van der Waals surface area contributed by atoms with Gasteiger partial charge in [-0.1, -0.05) is 25.5 Å². The van der Waals surface area contributed by atoms with Crippen LogP contribution < -0.4 is 5.32 Å². The molecule has 1 aromatic rings. The highest BCUT2D eigenvalue weighted by molar-refractivity contribution is 5.27. The molecular formula is C13H21NO2. The van der Waals surface area contributed by atoms with Gasteiger partial charge in [0.15, 0.2) is 0 Å². The normalized spacial score (nSPS) is 14.7. The molecule has 3 heteroatoms. The zero-order valence-corrected chi connectivity index (χ0v) is 9.98. The van der Waals surface area contributed by atoms with E-state index in [0.717, 1.165) is 18.4 Å². The van der Waals surface area contributed by atoms with Gasteiger partial charge in [0.1, 0.15) is 5.75 Å². The van der Waals surface area contributed by atoms with Crippen LogP contribution in [0.5, 0.6) is 5.75 Å². The summed E-state index contributed by atoms with van der Waals surface area (Å²) in [6.07, 6.45) is 1.74. The van der Waals surface area contributed by atoms with E-state index >= 15 is 0 Å².